The van der Waals surface area contributed by atoms with Crippen molar-refractivity contribution >= 4 is 17.5 Å². The quantitative estimate of drug-likeness (QED) is 0.747. The minimum Gasteiger partial charge on any atom is -0.348 e. The van der Waals surface area contributed by atoms with Gasteiger partial charge in [0, 0.05) is 17.3 Å². The van der Waals surface area contributed by atoms with Crippen LogP contribution in [0.3, 0.4) is 0 Å². The van der Waals surface area contributed by atoms with Crippen LogP contribution in [0.15, 0.2) is 65.5 Å². The Kier molecular flexibility index (Phi) is 5.00. The van der Waals surface area contributed by atoms with Crippen LogP contribution in [-0.2, 0) is 6.54 Å². The summed E-state index contributed by atoms with van der Waals surface area (Å²) < 4.78 is 0. The highest BCUT2D eigenvalue weighted by Gasteiger charge is 2.12. The maximum Gasteiger partial charge on any atom is 0.261 e. The summed E-state index contributed by atoms with van der Waals surface area (Å²) in [5, 5.41) is 3.30. The Morgan fingerprint density at radius 1 is 1.04 bits per heavy atom. The van der Waals surface area contributed by atoms with Gasteiger partial charge < -0.3 is 10.3 Å². The van der Waals surface area contributed by atoms with Crippen LogP contribution >= 0.6 is 11.6 Å². The molecule has 0 atom stereocenters. The third-order valence-electron chi connectivity index (χ3n) is 3.91. The Morgan fingerprint density at radius 2 is 1.76 bits per heavy atom. The summed E-state index contributed by atoms with van der Waals surface area (Å²) in [4.78, 5) is 27.3. The van der Waals surface area contributed by atoms with Crippen LogP contribution in [-0.4, -0.2) is 10.9 Å². The third kappa shape index (κ3) is 3.98. The zero-order valence-electron chi connectivity index (χ0n) is 13.7. The third-order valence-corrected chi connectivity index (χ3v) is 4.28. The lowest BCUT2D eigenvalue weighted by molar-refractivity contribution is 0.0949. The first kappa shape index (κ1) is 17.0. The normalized spacial score (nSPS) is 10.5. The molecule has 3 rings (SSSR count). The number of halogens is 1. The smallest absolute Gasteiger partial charge is 0.261 e. The van der Waals surface area contributed by atoms with Crippen molar-refractivity contribution in [3.63, 3.8) is 0 Å². The van der Waals surface area contributed by atoms with Crippen molar-refractivity contribution in [3.8, 4) is 11.3 Å². The SMILES string of the molecule is Cc1ccc(-c2ccc(C(=O)NCc3ccccc3Cl)c(=O)[nH]2)cc1. The fraction of sp³-hybridized carbons (Fsp3) is 0.100. The van der Waals surface area contributed by atoms with E-state index in [1.165, 1.54) is 6.07 Å². The number of benzene rings is 2. The maximum absolute atomic E-state index is 12.3. The monoisotopic (exact) mass is 352 g/mol. The lowest BCUT2D eigenvalue weighted by Crippen LogP contribution is -2.29. The number of H-pyrrole nitrogens is 1. The van der Waals surface area contributed by atoms with Gasteiger partial charge in [-0.15, -0.1) is 0 Å². The van der Waals surface area contributed by atoms with E-state index in [1.54, 1.807) is 12.1 Å². The van der Waals surface area contributed by atoms with E-state index in [0.717, 1.165) is 16.7 Å². The Labute approximate surface area is 150 Å². The Balaban J connectivity index is 1.76. The van der Waals surface area contributed by atoms with Gasteiger partial charge in [-0.3, -0.25) is 9.59 Å². The number of nitrogens with one attached hydrogen (secondary N) is 2. The summed E-state index contributed by atoms with van der Waals surface area (Å²) in [6.07, 6.45) is 0. The number of pyridine rings is 1. The van der Waals surface area contributed by atoms with Gasteiger partial charge in [0.25, 0.3) is 11.5 Å². The van der Waals surface area contributed by atoms with Crippen LogP contribution in [0.1, 0.15) is 21.5 Å². The lowest BCUT2D eigenvalue weighted by atomic mass is 10.1. The molecular formula is C20H17ClN2O2. The maximum atomic E-state index is 12.3. The molecule has 2 aromatic carbocycles. The zero-order chi connectivity index (χ0) is 17.8. The van der Waals surface area contributed by atoms with Crippen LogP contribution in [0.4, 0.5) is 0 Å². The molecule has 126 valence electrons. The number of carbonyl (C=O) groups is 1. The molecule has 1 amide bonds. The topological polar surface area (TPSA) is 62.0 Å². The molecule has 0 saturated carbocycles. The molecule has 0 spiro atoms. The number of aryl methyl sites for hydroxylation is 1. The second-order valence-corrected chi connectivity index (χ2v) is 6.16. The molecule has 0 unspecified atom stereocenters. The second-order valence-electron chi connectivity index (χ2n) is 5.75. The van der Waals surface area contributed by atoms with E-state index in [0.29, 0.717) is 10.7 Å². The van der Waals surface area contributed by atoms with Gasteiger partial charge in [0.15, 0.2) is 0 Å². The van der Waals surface area contributed by atoms with E-state index < -0.39 is 11.5 Å². The predicted molar refractivity (Wildman–Crippen MR) is 99.9 cm³/mol. The number of hydrogen-bond donors (Lipinski definition) is 2. The zero-order valence-corrected chi connectivity index (χ0v) is 14.4. The van der Waals surface area contributed by atoms with Crippen LogP contribution in [0.25, 0.3) is 11.3 Å². The molecule has 4 nitrogen and oxygen atoms in total. The molecule has 3 aromatic rings. The molecule has 25 heavy (non-hydrogen) atoms. The fourth-order valence-electron chi connectivity index (χ4n) is 2.47. The van der Waals surface area contributed by atoms with Gasteiger partial charge in [0.05, 0.1) is 0 Å². The molecule has 0 radical (unpaired) electrons. The summed E-state index contributed by atoms with van der Waals surface area (Å²) in [6, 6.07) is 18.3. The highest BCUT2D eigenvalue weighted by Crippen LogP contribution is 2.17. The summed E-state index contributed by atoms with van der Waals surface area (Å²) in [6.45, 7) is 2.26. The number of aromatic amines is 1. The Bertz CT molecular complexity index is 962. The standard InChI is InChI=1S/C20H17ClN2O2/c1-13-6-8-14(9-7-13)18-11-10-16(20(25)23-18)19(24)22-12-15-4-2-3-5-17(15)21/h2-11H,12H2,1H3,(H,22,24)(H,23,25). The molecule has 2 N–H and O–H groups in total. The Hall–Kier alpha value is -2.85. The van der Waals surface area contributed by atoms with Crippen molar-refractivity contribution in [1.82, 2.24) is 10.3 Å². The van der Waals surface area contributed by atoms with Gasteiger partial charge in [0.2, 0.25) is 0 Å². The van der Waals surface area contributed by atoms with Gasteiger partial charge in [-0.2, -0.15) is 0 Å². The van der Waals surface area contributed by atoms with Gasteiger partial charge >= 0.3 is 0 Å². The minimum absolute atomic E-state index is 0.0721. The summed E-state index contributed by atoms with van der Waals surface area (Å²) in [5.74, 6) is -0.434. The minimum atomic E-state index is -0.434. The molecule has 1 aromatic heterocycles. The molecule has 1 heterocycles. The molecule has 0 saturated heterocycles. The number of hydrogen-bond acceptors (Lipinski definition) is 2. The number of amides is 1. The summed E-state index contributed by atoms with van der Waals surface area (Å²) in [7, 11) is 0. The van der Waals surface area contributed by atoms with E-state index in [4.69, 9.17) is 11.6 Å². The summed E-state index contributed by atoms with van der Waals surface area (Å²) >= 11 is 6.07. The highest BCUT2D eigenvalue weighted by molar-refractivity contribution is 6.31. The first-order chi connectivity index (χ1) is 12.0. The Morgan fingerprint density at radius 3 is 2.44 bits per heavy atom. The fourth-order valence-corrected chi connectivity index (χ4v) is 2.67. The van der Waals surface area contributed by atoms with Gasteiger partial charge in [-0.05, 0) is 36.2 Å². The van der Waals surface area contributed by atoms with Crippen molar-refractivity contribution in [3.05, 3.63) is 92.7 Å². The first-order valence-corrected chi connectivity index (χ1v) is 8.24. The van der Waals surface area contributed by atoms with Crippen molar-refractivity contribution in [2.24, 2.45) is 0 Å². The number of carbonyl (C=O) groups excluding carboxylic acids is 1. The predicted octanol–water partition coefficient (Wildman–Crippen LogP) is 3.93. The highest BCUT2D eigenvalue weighted by atomic mass is 35.5. The van der Waals surface area contributed by atoms with Crippen LogP contribution in [0, 0.1) is 6.92 Å². The molecule has 0 aliphatic rings. The average molecular weight is 353 g/mol. The largest absolute Gasteiger partial charge is 0.348 e. The summed E-state index contributed by atoms with van der Waals surface area (Å²) in [5.41, 5.74) is 3.16. The average Bonchev–Trinajstić information content (AvgIpc) is 2.61. The van der Waals surface area contributed by atoms with E-state index in [-0.39, 0.29) is 12.1 Å². The van der Waals surface area contributed by atoms with E-state index in [2.05, 4.69) is 10.3 Å². The molecular weight excluding hydrogens is 336 g/mol. The van der Waals surface area contributed by atoms with Crippen LogP contribution in [0.5, 0.6) is 0 Å². The van der Waals surface area contributed by atoms with Gasteiger partial charge in [0.1, 0.15) is 5.56 Å². The molecule has 0 aliphatic heterocycles. The number of aromatic nitrogens is 1. The number of rotatable bonds is 4. The van der Waals surface area contributed by atoms with Crippen molar-refractivity contribution in [2.75, 3.05) is 0 Å². The molecule has 0 fully saturated rings. The van der Waals surface area contributed by atoms with Crippen molar-refractivity contribution in [2.45, 2.75) is 13.5 Å². The van der Waals surface area contributed by atoms with Crippen molar-refractivity contribution in [1.29, 1.82) is 0 Å². The van der Waals surface area contributed by atoms with E-state index >= 15 is 0 Å². The molecule has 5 heteroatoms. The van der Waals surface area contributed by atoms with E-state index in [9.17, 15) is 9.59 Å². The van der Waals surface area contributed by atoms with Gasteiger partial charge in [-0.25, -0.2) is 0 Å². The lowest BCUT2D eigenvalue weighted by Gasteiger charge is -2.08. The molecule has 0 bridgehead atoms. The first-order valence-electron chi connectivity index (χ1n) is 7.86. The second kappa shape index (κ2) is 7.36. The van der Waals surface area contributed by atoms with Gasteiger partial charge in [-0.1, -0.05) is 59.6 Å². The van der Waals surface area contributed by atoms with Crippen LogP contribution < -0.4 is 10.9 Å². The van der Waals surface area contributed by atoms with Crippen LogP contribution in [0.2, 0.25) is 5.02 Å². The van der Waals surface area contributed by atoms with E-state index in [1.807, 2.05) is 49.4 Å². The molecule has 0 aliphatic carbocycles. The van der Waals surface area contributed by atoms with Crippen molar-refractivity contribution < 1.29 is 4.79 Å².